The van der Waals surface area contributed by atoms with Crippen molar-refractivity contribution in [2.24, 2.45) is 0 Å². The zero-order valence-electron chi connectivity index (χ0n) is 7.22. The molecule has 1 heterocycles. The van der Waals surface area contributed by atoms with E-state index in [1.165, 1.54) is 10.7 Å². The van der Waals surface area contributed by atoms with Gasteiger partial charge in [0.15, 0.2) is 0 Å². The minimum Gasteiger partial charge on any atom is -0.267 e. The minimum atomic E-state index is -0.130. The Labute approximate surface area is 89.1 Å². The van der Waals surface area contributed by atoms with Crippen molar-refractivity contribution < 1.29 is 0 Å². The van der Waals surface area contributed by atoms with Crippen LogP contribution in [0.15, 0.2) is 51.9 Å². The van der Waals surface area contributed by atoms with E-state index in [9.17, 15) is 4.79 Å². The first-order valence-corrected chi connectivity index (χ1v) is 4.87. The highest BCUT2D eigenvalue weighted by molar-refractivity contribution is 9.10. The molecule has 0 aliphatic rings. The molecule has 14 heavy (non-hydrogen) atoms. The molecule has 1 aromatic carbocycles. The number of hydrogen-bond acceptors (Lipinski definition) is 2. The molecule has 0 atom stereocenters. The summed E-state index contributed by atoms with van der Waals surface area (Å²) in [7, 11) is 0. The topological polar surface area (TPSA) is 34.9 Å². The van der Waals surface area contributed by atoms with Crippen LogP contribution >= 0.6 is 15.9 Å². The van der Waals surface area contributed by atoms with E-state index in [-0.39, 0.29) is 5.56 Å². The molecule has 4 heteroatoms. The molecular weight excluding hydrogens is 244 g/mol. The van der Waals surface area contributed by atoms with E-state index in [1.807, 2.05) is 24.3 Å². The lowest BCUT2D eigenvalue weighted by atomic mass is 10.3. The third-order valence-electron chi connectivity index (χ3n) is 1.79. The molecule has 2 aromatic rings. The first-order chi connectivity index (χ1) is 6.77. The molecule has 0 amide bonds. The van der Waals surface area contributed by atoms with Gasteiger partial charge in [-0.05, 0) is 30.3 Å². The van der Waals surface area contributed by atoms with Gasteiger partial charge in [0.2, 0.25) is 0 Å². The van der Waals surface area contributed by atoms with Crippen molar-refractivity contribution in [3.63, 3.8) is 0 Å². The van der Waals surface area contributed by atoms with Crippen LogP contribution in [0.3, 0.4) is 0 Å². The molecule has 0 aliphatic carbocycles. The van der Waals surface area contributed by atoms with Gasteiger partial charge < -0.3 is 0 Å². The van der Waals surface area contributed by atoms with Gasteiger partial charge in [-0.25, -0.2) is 0 Å². The molecule has 0 spiro atoms. The summed E-state index contributed by atoms with van der Waals surface area (Å²) >= 11 is 3.33. The average Bonchev–Trinajstić information content (AvgIpc) is 2.20. The minimum absolute atomic E-state index is 0.130. The molecule has 0 aliphatic heterocycles. The summed E-state index contributed by atoms with van der Waals surface area (Å²) < 4.78 is 2.33. The maximum Gasteiger partial charge on any atom is 0.271 e. The molecule has 0 radical (unpaired) electrons. The number of halogens is 1. The van der Waals surface area contributed by atoms with Gasteiger partial charge in [0, 0.05) is 16.7 Å². The molecule has 0 unspecified atom stereocenters. The first kappa shape index (κ1) is 9.15. The Hall–Kier alpha value is -1.42. The number of rotatable bonds is 1. The summed E-state index contributed by atoms with van der Waals surface area (Å²) in [6.07, 6.45) is 1.59. The van der Waals surface area contributed by atoms with Gasteiger partial charge in [-0.15, -0.1) is 0 Å². The van der Waals surface area contributed by atoms with Crippen LogP contribution in [0.25, 0.3) is 5.69 Å². The Kier molecular flexibility index (Phi) is 2.45. The van der Waals surface area contributed by atoms with Crippen LogP contribution in [0.2, 0.25) is 0 Å². The average molecular weight is 251 g/mol. The molecule has 0 bridgehead atoms. The Bertz CT molecular complexity index is 490. The molecule has 70 valence electrons. The fourth-order valence-electron chi connectivity index (χ4n) is 1.13. The van der Waals surface area contributed by atoms with Crippen LogP contribution < -0.4 is 5.56 Å². The largest absolute Gasteiger partial charge is 0.271 e. The SMILES string of the molecule is O=c1cccnn1-c1ccc(Br)cc1. The maximum absolute atomic E-state index is 11.4. The van der Waals surface area contributed by atoms with E-state index >= 15 is 0 Å². The van der Waals surface area contributed by atoms with E-state index < -0.39 is 0 Å². The second-order valence-corrected chi connectivity index (χ2v) is 3.67. The zero-order chi connectivity index (χ0) is 9.97. The van der Waals surface area contributed by atoms with Gasteiger partial charge in [0.05, 0.1) is 5.69 Å². The van der Waals surface area contributed by atoms with Crippen molar-refractivity contribution in [2.75, 3.05) is 0 Å². The first-order valence-electron chi connectivity index (χ1n) is 4.08. The quantitative estimate of drug-likeness (QED) is 0.776. The summed E-state index contributed by atoms with van der Waals surface area (Å²) in [6.45, 7) is 0. The highest BCUT2D eigenvalue weighted by Crippen LogP contribution is 2.11. The third kappa shape index (κ3) is 1.75. The molecule has 3 nitrogen and oxygen atoms in total. The molecule has 2 rings (SSSR count). The highest BCUT2D eigenvalue weighted by atomic mass is 79.9. The Balaban J connectivity index is 2.56. The fourth-order valence-corrected chi connectivity index (χ4v) is 1.40. The highest BCUT2D eigenvalue weighted by Gasteiger charge is 1.98. The Morgan fingerprint density at radius 2 is 1.86 bits per heavy atom. The lowest BCUT2D eigenvalue weighted by Crippen LogP contribution is -2.18. The van der Waals surface area contributed by atoms with Gasteiger partial charge >= 0.3 is 0 Å². The van der Waals surface area contributed by atoms with Gasteiger partial charge in [0.1, 0.15) is 0 Å². The van der Waals surface area contributed by atoms with Crippen LogP contribution in [0, 0.1) is 0 Å². The summed E-state index contributed by atoms with van der Waals surface area (Å²) in [4.78, 5) is 11.4. The van der Waals surface area contributed by atoms with Crippen LogP contribution in [-0.4, -0.2) is 9.78 Å². The van der Waals surface area contributed by atoms with E-state index in [4.69, 9.17) is 0 Å². The molecule has 0 N–H and O–H groups in total. The van der Waals surface area contributed by atoms with Crippen molar-refractivity contribution in [3.05, 3.63) is 57.4 Å². The van der Waals surface area contributed by atoms with Crippen LogP contribution in [-0.2, 0) is 0 Å². The summed E-state index contributed by atoms with van der Waals surface area (Å²) in [5.74, 6) is 0. The lowest BCUT2D eigenvalue weighted by molar-refractivity contribution is 0.807. The second kappa shape index (κ2) is 3.75. The fraction of sp³-hybridized carbons (Fsp3) is 0. The van der Waals surface area contributed by atoms with E-state index in [0.717, 1.165) is 10.2 Å². The second-order valence-electron chi connectivity index (χ2n) is 2.75. The number of aromatic nitrogens is 2. The van der Waals surface area contributed by atoms with Crippen molar-refractivity contribution in [3.8, 4) is 5.69 Å². The van der Waals surface area contributed by atoms with E-state index in [0.29, 0.717) is 0 Å². The van der Waals surface area contributed by atoms with Gasteiger partial charge in [0.25, 0.3) is 5.56 Å². The predicted octanol–water partition coefficient (Wildman–Crippen LogP) is 1.99. The lowest BCUT2D eigenvalue weighted by Gasteiger charge is -2.02. The summed E-state index contributed by atoms with van der Waals surface area (Å²) in [6, 6.07) is 10.5. The normalized spacial score (nSPS) is 10.1. The molecular formula is C10H7BrN2O. The Morgan fingerprint density at radius 1 is 1.14 bits per heavy atom. The number of hydrogen-bond donors (Lipinski definition) is 0. The van der Waals surface area contributed by atoms with E-state index in [2.05, 4.69) is 21.0 Å². The van der Waals surface area contributed by atoms with E-state index in [1.54, 1.807) is 12.3 Å². The van der Waals surface area contributed by atoms with Crippen LogP contribution in [0.1, 0.15) is 0 Å². The van der Waals surface area contributed by atoms with Crippen molar-refractivity contribution in [1.82, 2.24) is 9.78 Å². The van der Waals surface area contributed by atoms with Crippen molar-refractivity contribution >= 4 is 15.9 Å². The monoisotopic (exact) mass is 250 g/mol. The Morgan fingerprint density at radius 3 is 2.50 bits per heavy atom. The molecule has 0 saturated carbocycles. The summed E-state index contributed by atoms with van der Waals surface area (Å²) in [5.41, 5.74) is 0.633. The molecule has 0 fully saturated rings. The third-order valence-corrected chi connectivity index (χ3v) is 2.32. The maximum atomic E-state index is 11.4. The van der Waals surface area contributed by atoms with Crippen molar-refractivity contribution in [2.45, 2.75) is 0 Å². The van der Waals surface area contributed by atoms with Gasteiger partial charge in [-0.3, -0.25) is 4.79 Å². The zero-order valence-corrected chi connectivity index (χ0v) is 8.81. The van der Waals surface area contributed by atoms with Crippen LogP contribution in [0.5, 0.6) is 0 Å². The smallest absolute Gasteiger partial charge is 0.267 e. The van der Waals surface area contributed by atoms with Crippen molar-refractivity contribution in [1.29, 1.82) is 0 Å². The predicted molar refractivity (Wildman–Crippen MR) is 57.5 cm³/mol. The van der Waals surface area contributed by atoms with Gasteiger partial charge in [-0.2, -0.15) is 9.78 Å². The molecule has 1 aromatic heterocycles. The number of benzene rings is 1. The van der Waals surface area contributed by atoms with Crippen LogP contribution in [0.4, 0.5) is 0 Å². The standard InChI is InChI=1S/C10H7BrN2O/c11-8-3-5-9(6-4-8)13-10(14)2-1-7-12-13/h1-7H. The number of nitrogens with zero attached hydrogens (tertiary/aromatic N) is 2. The summed E-state index contributed by atoms with van der Waals surface area (Å²) in [5, 5.41) is 3.97. The van der Waals surface area contributed by atoms with Gasteiger partial charge in [-0.1, -0.05) is 15.9 Å². The molecule has 0 saturated heterocycles.